The van der Waals surface area contributed by atoms with Crippen LogP contribution in [0.4, 0.5) is 0 Å². The van der Waals surface area contributed by atoms with E-state index in [9.17, 15) is 9.59 Å². The van der Waals surface area contributed by atoms with E-state index in [-0.39, 0.29) is 17.7 Å². The van der Waals surface area contributed by atoms with Crippen LogP contribution in [0.3, 0.4) is 0 Å². The second kappa shape index (κ2) is 5.76. The number of benzene rings is 1. The van der Waals surface area contributed by atoms with Crippen molar-refractivity contribution < 1.29 is 14.3 Å². The third-order valence-electron chi connectivity index (χ3n) is 4.26. The van der Waals surface area contributed by atoms with E-state index in [1.807, 2.05) is 36.1 Å². The highest BCUT2D eigenvalue weighted by Crippen LogP contribution is 2.27. The molecule has 2 aliphatic heterocycles. The first-order valence-corrected chi connectivity index (χ1v) is 7.44. The van der Waals surface area contributed by atoms with Gasteiger partial charge in [-0.15, -0.1) is 0 Å². The molecule has 0 unspecified atom stereocenters. The van der Waals surface area contributed by atoms with Crippen molar-refractivity contribution in [3.05, 3.63) is 29.8 Å². The van der Waals surface area contributed by atoms with Crippen molar-refractivity contribution >= 4 is 11.8 Å². The molecule has 2 heterocycles. The normalized spacial score (nSPS) is 23.9. The average Bonchev–Trinajstić information content (AvgIpc) is 3.04. The Hall–Kier alpha value is -2.04. The molecule has 21 heavy (non-hydrogen) atoms. The van der Waals surface area contributed by atoms with Crippen LogP contribution in [0, 0.1) is 11.8 Å². The van der Waals surface area contributed by atoms with Crippen LogP contribution in [0.15, 0.2) is 24.3 Å². The Balaban J connectivity index is 1.58. The van der Waals surface area contributed by atoms with Crippen molar-refractivity contribution in [2.75, 3.05) is 26.2 Å². The molecule has 2 amide bonds. The van der Waals surface area contributed by atoms with Crippen molar-refractivity contribution in [2.24, 2.45) is 11.8 Å². The van der Waals surface area contributed by atoms with E-state index in [1.165, 1.54) is 0 Å². The highest BCUT2D eigenvalue weighted by atomic mass is 16.5. The van der Waals surface area contributed by atoms with Gasteiger partial charge in [-0.3, -0.25) is 9.59 Å². The average molecular weight is 288 g/mol. The van der Waals surface area contributed by atoms with Crippen molar-refractivity contribution in [3.8, 4) is 5.75 Å². The minimum Gasteiger partial charge on any atom is -0.494 e. The number of rotatable bonds is 4. The zero-order chi connectivity index (χ0) is 14.8. The minimum atomic E-state index is -0.00530. The molecule has 2 aliphatic rings. The van der Waals surface area contributed by atoms with Crippen molar-refractivity contribution in [3.63, 3.8) is 0 Å². The Kier molecular flexibility index (Phi) is 3.82. The SMILES string of the molecule is CCOc1ccc(CC(=O)N2C[C@@H]3CNC(=O)[C@@H]3C2)cc1. The van der Waals surface area contributed by atoms with Crippen LogP contribution in [0.2, 0.25) is 0 Å². The molecule has 0 radical (unpaired) electrons. The summed E-state index contributed by atoms with van der Waals surface area (Å²) in [5.41, 5.74) is 0.977. The number of fused-ring (bicyclic) bond motifs is 1. The summed E-state index contributed by atoms with van der Waals surface area (Å²) in [6.45, 7) is 4.54. The van der Waals surface area contributed by atoms with E-state index in [0.29, 0.717) is 38.6 Å². The number of nitrogens with one attached hydrogen (secondary N) is 1. The number of hydrogen-bond donors (Lipinski definition) is 1. The maximum atomic E-state index is 12.3. The molecule has 1 aromatic carbocycles. The topological polar surface area (TPSA) is 58.6 Å². The van der Waals surface area contributed by atoms with Gasteiger partial charge in [0, 0.05) is 25.6 Å². The Morgan fingerprint density at radius 1 is 1.33 bits per heavy atom. The van der Waals surface area contributed by atoms with Gasteiger partial charge in [0.05, 0.1) is 18.9 Å². The van der Waals surface area contributed by atoms with Gasteiger partial charge in [-0.25, -0.2) is 0 Å². The number of ether oxygens (including phenoxy) is 1. The Labute approximate surface area is 124 Å². The van der Waals surface area contributed by atoms with Crippen LogP contribution in [0.25, 0.3) is 0 Å². The quantitative estimate of drug-likeness (QED) is 0.893. The molecule has 0 aliphatic carbocycles. The van der Waals surface area contributed by atoms with Crippen LogP contribution < -0.4 is 10.1 Å². The van der Waals surface area contributed by atoms with E-state index < -0.39 is 0 Å². The van der Waals surface area contributed by atoms with E-state index in [1.54, 1.807) is 0 Å². The number of carbonyl (C=O) groups is 2. The van der Waals surface area contributed by atoms with Gasteiger partial charge in [0.1, 0.15) is 5.75 Å². The summed E-state index contributed by atoms with van der Waals surface area (Å²) < 4.78 is 5.39. The molecule has 0 spiro atoms. The van der Waals surface area contributed by atoms with Crippen LogP contribution in [-0.2, 0) is 16.0 Å². The van der Waals surface area contributed by atoms with Crippen molar-refractivity contribution in [1.29, 1.82) is 0 Å². The monoisotopic (exact) mass is 288 g/mol. The molecule has 3 rings (SSSR count). The first kappa shape index (κ1) is 13.9. The Morgan fingerprint density at radius 2 is 2.10 bits per heavy atom. The van der Waals surface area contributed by atoms with Crippen LogP contribution >= 0.6 is 0 Å². The molecule has 2 saturated heterocycles. The molecule has 0 bridgehead atoms. The second-order valence-corrected chi connectivity index (χ2v) is 5.66. The van der Waals surface area contributed by atoms with Crippen molar-refractivity contribution in [2.45, 2.75) is 13.3 Å². The van der Waals surface area contributed by atoms with E-state index in [2.05, 4.69) is 5.32 Å². The summed E-state index contributed by atoms with van der Waals surface area (Å²) in [6, 6.07) is 7.62. The molecular weight excluding hydrogens is 268 g/mol. The fraction of sp³-hybridized carbons (Fsp3) is 0.500. The molecule has 0 saturated carbocycles. The summed E-state index contributed by atoms with van der Waals surface area (Å²) in [4.78, 5) is 25.8. The minimum absolute atomic E-state index is 0.00530. The molecule has 5 nitrogen and oxygen atoms in total. The number of carbonyl (C=O) groups excluding carboxylic acids is 2. The van der Waals surface area contributed by atoms with E-state index in [4.69, 9.17) is 4.74 Å². The van der Waals surface area contributed by atoms with Crippen LogP contribution in [0.1, 0.15) is 12.5 Å². The Bertz CT molecular complexity index is 541. The molecule has 1 N–H and O–H groups in total. The van der Waals surface area contributed by atoms with Gasteiger partial charge < -0.3 is 15.0 Å². The highest BCUT2D eigenvalue weighted by molar-refractivity contribution is 5.85. The first-order valence-electron chi connectivity index (χ1n) is 7.44. The lowest BCUT2D eigenvalue weighted by atomic mass is 10.0. The van der Waals surface area contributed by atoms with Gasteiger partial charge in [0.15, 0.2) is 0 Å². The number of amides is 2. The lowest BCUT2D eigenvalue weighted by Crippen LogP contribution is -2.34. The summed E-state index contributed by atoms with van der Waals surface area (Å²) in [5, 5.41) is 2.86. The third kappa shape index (κ3) is 2.86. The van der Waals surface area contributed by atoms with Gasteiger partial charge in [0.2, 0.25) is 11.8 Å². The summed E-state index contributed by atoms with van der Waals surface area (Å²) in [7, 11) is 0. The third-order valence-corrected chi connectivity index (χ3v) is 4.26. The molecule has 2 atom stereocenters. The summed E-state index contributed by atoms with van der Waals surface area (Å²) in [6.07, 6.45) is 0.382. The largest absolute Gasteiger partial charge is 0.494 e. The van der Waals surface area contributed by atoms with Gasteiger partial charge in [-0.05, 0) is 24.6 Å². The molecule has 0 aromatic heterocycles. The predicted octanol–water partition coefficient (Wildman–Crippen LogP) is 0.832. The van der Waals surface area contributed by atoms with Gasteiger partial charge in [-0.2, -0.15) is 0 Å². The Morgan fingerprint density at radius 3 is 2.76 bits per heavy atom. The molecule has 1 aromatic rings. The standard InChI is InChI=1S/C16H20N2O3/c1-2-21-13-5-3-11(4-6-13)7-15(19)18-9-12-8-17-16(20)14(12)10-18/h3-6,12,14H,2,7-10H2,1H3,(H,17,20)/t12-,14+/m0/s1. The summed E-state index contributed by atoms with van der Waals surface area (Å²) >= 11 is 0. The fourth-order valence-corrected chi connectivity index (χ4v) is 3.10. The maximum absolute atomic E-state index is 12.3. The zero-order valence-corrected chi connectivity index (χ0v) is 12.2. The number of hydrogen-bond acceptors (Lipinski definition) is 3. The highest BCUT2D eigenvalue weighted by Gasteiger charge is 2.43. The molecular formula is C16H20N2O3. The lowest BCUT2D eigenvalue weighted by Gasteiger charge is -2.17. The van der Waals surface area contributed by atoms with Crippen LogP contribution in [-0.4, -0.2) is 43.0 Å². The van der Waals surface area contributed by atoms with E-state index in [0.717, 1.165) is 11.3 Å². The van der Waals surface area contributed by atoms with Gasteiger partial charge >= 0.3 is 0 Å². The van der Waals surface area contributed by atoms with E-state index >= 15 is 0 Å². The van der Waals surface area contributed by atoms with Crippen LogP contribution in [0.5, 0.6) is 5.75 Å². The smallest absolute Gasteiger partial charge is 0.227 e. The molecule has 112 valence electrons. The zero-order valence-electron chi connectivity index (χ0n) is 12.2. The predicted molar refractivity (Wildman–Crippen MR) is 77.9 cm³/mol. The summed E-state index contributed by atoms with van der Waals surface area (Å²) in [5.74, 6) is 1.30. The second-order valence-electron chi connectivity index (χ2n) is 5.66. The van der Waals surface area contributed by atoms with Gasteiger partial charge in [-0.1, -0.05) is 12.1 Å². The first-order chi connectivity index (χ1) is 10.2. The number of likely N-dealkylation sites (tertiary alicyclic amines) is 1. The van der Waals surface area contributed by atoms with Crippen molar-refractivity contribution in [1.82, 2.24) is 10.2 Å². The lowest BCUT2D eigenvalue weighted by molar-refractivity contribution is -0.130. The maximum Gasteiger partial charge on any atom is 0.227 e. The van der Waals surface area contributed by atoms with Gasteiger partial charge in [0.25, 0.3) is 0 Å². The fourth-order valence-electron chi connectivity index (χ4n) is 3.10. The number of nitrogens with zero attached hydrogens (tertiary/aromatic N) is 1. The molecule has 5 heteroatoms. The molecule has 2 fully saturated rings.